The average molecular weight is 2030 g/mol. The van der Waals surface area contributed by atoms with Gasteiger partial charge in [0.25, 0.3) is 5.17 Å². The van der Waals surface area contributed by atoms with Crippen LogP contribution >= 0.6 is 58.6 Å². The second-order valence-corrected chi connectivity index (χ2v) is 37.8. The number of amides is 3. The Morgan fingerprint density at radius 1 is 0.451 bits per heavy atom. The molecule has 5 aliphatic rings. The molecule has 11 heterocycles. The summed E-state index contributed by atoms with van der Waals surface area (Å²) in [5, 5.41) is 11.6. The number of methoxy groups -OCH3 is 1. The number of nitrogens with zero attached hydrogens (tertiary/aromatic N) is 12. The average Bonchev–Trinajstić information content (AvgIpc) is 1.61. The molecule has 0 bridgehead atoms. The molecule has 5 aliphatic heterocycles. The van der Waals surface area contributed by atoms with Gasteiger partial charge in [-0.05, 0) is 275 Å². The maximum Gasteiger partial charge on any atom is 0.410 e. The van der Waals surface area contributed by atoms with E-state index in [1.54, 1.807) is 52.6 Å². The number of imidazole rings is 1. The van der Waals surface area contributed by atoms with Crippen LogP contribution in [-0.4, -0.2) is 242 Å². The van der Waals surface area contributed by atoms with E-state index in [2.05, 4.69) is 93.0 Å². The number of carbonyl (C=O) groups excluding carboxylic acids is 3. The van der Waals surface area contributed by atoms with E-state index in [1.165, 1.54) is 53.7 Å². The van der Waals surface area contributed by atoms with Gasteiger partial charge in [-0.1, -0.05) is 107 Å². The molecule has 0 spiro atoms. The predicted molar refractivity (Wildman–Crippen MR) is 554 cm³/mol. The fourth-order valence-corrected chi connectivity index (χ4v) is 20.5. The van der Waals surface area contributed by atoms with Gasteiger partial charge in [0.1, 0.15) is 79.5 Å². The fourth-order valence-electron chi connectivity index (χ4n) is 19.5. The quantitative estimate of drug-likeness (QED) is 0.0193. The summed E-state index contributed by atoms with van der Waals surface area (Å²) < 4.78 is 74.4. The maximum absolute atomic E-state index is 13.4. The SMILES string of the molecule is CCOC(=O)N1CCc2c([nH]c3ccc(Cl)cc23)C1c1ccc(OCCCn2cncn2)cc1.CCOC(=O)N1CCc2c([nH]c3ccc(Cl)cc23)C1c1cccc(CN2CCN(CCCN(C)C)CC2)c1.COCCOc1ccc(C2c3[nH]c4ccc(Cl)cc4c3CCN2C(=S)Oc2ccc(F)cc2)cc1.O=C(OCCF)N1CCc2c([nH]c3ccc(Cl)cc23)C1c1ccc(OCCCn2ccnc2)cc1. The number of halogens is 6. The molecular formula is C108H116Cl4F2N16O11S. The number of alkyl halides is 1. The Kier molecular flexibility index (Phi) is 34.0. The number of fused-ring (bicyclic) bond motifs is 12. The third-order valence-corrected chi connectivity index (χ3v) is 27.4. The van der Waals surface area contributed by atoms with Gasteiger partial charge in [0.15, 0.2) is 0 Å². The number of aryl methyl sites for hydroxylation is 2. The van der Waals surface area contributed by atoms with Crippen LogP contribution in [0.25, 0.3) is 43.6 Å². The Balaban J connectivity index is 0.000000130. The molecule has 0 radical (unpaired) electrons. The number of nitrogens with one attached hydrogen (secondary N) is 4. The monoisotopic (exact) mass is 2020 g/mol. The summed E-state index contributed by atoms with van der Waals surface area (Å²) >= 11 is 30.9. The minimum Gasteiger partial charge on any atom is -0.494 e. The maximum atomic E-state index is 13.4. The molecule has 142 heavy (non-hydrogen) atoms. The number of hydrogen-bond acceptors (Lipinski definition) is 18. The summed E-state index contributed by atoms with van der Waals surface area (Å²) in [4.78, 5) is 75.7. The van der Waals surface area contributed by atoms with Gasteiger partial charge in [0.05, 0.1) is 45.4 Å². The van der Waals surface area contributed by atoms with Gasteiger partial charge in [-0.15, -0.1) is 0 Å². The van der Waals surface area contributed by atoms with Crippen LogP contribution in [0.1, 0.15) is 130 Å². The van der Waals surface area contributed by atoms with Gasteiger partial charge in [-0.3, -0.25) is 24.3 Å². The number of aromatic nitrogens is 9. The molecule has 15 aromatic rings. The summed E-state index contributed by atoms with van der Waals surface area (Å²) in [6.45, 7) is 17.0. The fraction of sp³-hybridized carbons (Fsp3) is 0.343. The van der Waals surface area contributed by atoms with Gasteiger partial charge in [0.2, 0.25) is 0 Å². The molecule has 34 heteroatoms. The van der Waals surface area contributed by atoms with Crippen LogP contribution in [0, 0.1) is 5.82 Å². The lowest BCUT2D eigenvalue weighted by atomic mass is 9.92. The van der Waals surface area contributed by atoms with Crippen LogP contribution in [0.2, 0.25) is 20.1 Å². The summed E-state index contributed by atoms with van der Waals surface area (Å²) in [6.07, 6.45) is 13.4. The van der Waals surface area contributed by atoms with E-state index in [0.717, 1.165) is 201 Å². The zero-order chi connectivity index (χ0) is 98.7. The molecule has 4 unspecified atom stereocenters. The van der Waals surface area contributed by atoms with Gasteiger partial charge in [-0.2, -0.15) is 5.10 Å². The van der Waals surface area contributed by atoms with Gasteiger partial charge < -0.3 is 77.1 Å². The Morgan fingerprint density at radius 2 is 0.880 bits per heavy atom. The summed E-state index contributed by atoms with van der Waals surface area (Å²) in [5.74, 6) is 2.47. The van der Waals surface area contributed by atoms with Crippen LogP contribution in [0.3, 0.4) is 0 Å². The van der Waals surface area contributed by atoms with E-state index in [4.69, 9.17) is 96.5 Å². The zero-order valence-electron chi connectivity index (χ0n) is 80.0. The Morgan fingerprint density at radius 3 is 1.31 bits per heavy atom. The number of aromatic amines is 4. The first kappa shape index (κ1) is 101. The van der Waals surface area contributed by atoms with E-state index in [9.17, 15) is 23.2 Å². The molecule has 1 fully saturated rings. The molecule has 0 saturated carbocycles. The van der Waals surface area contributed by atoms with E-state index in [1.807, 2.05) is 175 Å². The van der Waals surface area contributed by atoms with Crippen molar-refractivity contribution in [3.63, 3.8) is 0 Å². The molecule has 1 saturated heterocycles. The molecular weight excluding hydrogens is 1910 g/mol. The van der Waals surface area contributed by atoms with Crippen LogP contribution in [0.5, 0.6) is 23.0 Å². The molecule has 3 amide bonds. The number of piperazine rings is 1. The van der Waals surface area contributed by atoms with E-state index in [0.29, 0.717) is 98.2 Å². The molecule has 27 nitrogen and oxygen atoms in total. The summed E-state index contributed by atoms with van der Waals surface area (Å²) in [5.41, 5.74) is 18.2. The summed E-state index contributed by atoms with van der Waals surface area (Å²) in [6, 6.07) is 60.5. The number of carbonyl (C=O) groups is 3. The lowest BCUT2D eigenvalue weighted by Gasteiger charge is -2.37. The smallest absolute Gasteiger partial charge is 0.410 e. The van der Waals surface area contributed by atoms with Crippen molar-refractivity contribution in [1.29, 1.82) is 0 Å². The molecule has 4 N–H and O–H groups in total. The predicted octanol–water partition coefficient (Wildman–Crippen LogP) is 21.8. The molecule has 9 aromatic carbocycles. The largest absolute Gasteiger partial charge is 0.494 e. The highest BCUT2D eigenvalue weighted by molar-refractivity contribution is 7.80. The molecule has 6 aromatic heterocycles. The van der Waals surface area contributed by atoms with Crippen molar-refractivity contribution in [3.8, 4) is 23.0 Å². The minimum absolute atomic E-state index is 0.203. The highest BCUT2D eigenvalue weighted by Crippen LogP contribution is 2.46. The summed E-state index contributed by atoms with van der Waals surface area (Å²) in [7, 11) is 5.92. The van der Waals surface area contributed by atoms with Gasteiger partial charge in [-0.25, -0.2) is 33.1 Å². The first-order valence-electron chi connectivity index (χ1n) is 48.2. The second-order valence-electron chi connectivity index (χ2n) is 35.7. The van der Waals surface area contributed by atoms with Crippen molar-refractivity contribution in [3.05, 3.63) is 324 Å². The topological polar surface area (TPSA) is 259 Å². The first-order chi connectivity index (χ1) is 69.2. The Hall–Kier alpha value is -12.8. The van der Waals surface area contributed by atoms with Crippen LogP contribution in [0.4, 0.5) is 23.2 Å². The van der Waals surface area contributed by atoms with Crippen LogP contribution in [0.15, 0.2) is 225 Å². The van der Waals surface area contributed by atoms with Gasteiger partial charge in [0, 0.05) is 184 Å². The van der Waals surface area contributed by atoms with Crippen molar-refractivity contribution in [1.82, 2.24) is 78.6 Å². The number of rotatable bonds is 29. The third kappa shape index (κ3) is 24.4. The number of benzene rings is 9. The molecule has 742 valence electrons. The first-order valence-corrected chi connectivity index (χ1v) is 50.1. The Bertz CT molecular complexity index is 6770. The van der Waals surface area contributed by atoms with Crippen molar-refractivity contribution in [2.75, 3.05) is 140 Å². The molecule has 4 atom stereocenters. The van der Waals surface area contributed by atoms with Crippen LogP contribution < -0.4 is 18.9 Å². The highest BCUT2D eigenvalue weighted by atomic mass is 35.5. The number of hydrogen-bond donors (Lipinski definition) is 4. The highest BCUT2D eigenvalue weighted by Gasteiger charge is 2.41. The van der Waals surface area contributed by atoms with E-state index >= 15 is 0 Å². The zero-order valence-corrected chi connectivity index (χ0v) is 83.8. The van der Waals surface area contributed by atoms with Crippen molar-refractivity contribution in [2.45, 2.75) is 103 Å². The minimum atomic E-state index is -0.715. The van der Waals surface area contributed by atoms with Crippen molar-refractivity contribution in [2.24, 2.45) is 0 Å². The molecule has 20 rings (SSSR count). The Labute approximate surface area is 849 Å². The van der Waals surface area contributed by atoms with Gasteiger partial charge >= 0.3 is 18.3 Å². The lowest BCUT2D eigenvalue weighted by molar-refractivity contribution is 0.0836. The lowest BCUT2D eigenvalue weighted by Crippen LogP contribution is -2.46. The molecule has 0 aliphatic carbocycles. The van der Waals surface area contributed by atoms with E-state index < -0.39 is 18.8 Å². The number of H-pyrrole nitrogens is 4. The second kappa shape index (κ2) is 47.9. The third-order valence-electron chi connectivity index (χ3n) is 26.2. The standard InChI is InChI=1S/C30H40ClN5O2.C27H24ClFN2O3S.C26H26ClFN4O3.C25H26ClN5O3/c1-4-38-30(37)36-14-11-25-26-20-24(31)9-10-27(26)32-28(25)29(36)23-8-5-7-22(19-23)21-35-17-15-34(16-18-35)13-6-12-33(2)3;1-32-14-15-33-20-7-2-17(3-8-20)26-25-22(23-16-18(28)4-11-24(23)30-25)12-13-31(26)27(35)34-21-9-5-19(29)6-10-21;27-19-4-7-23-22(16-19)21-8-12-32(26(33)35-15-9-28)25(24(21)30-23)18-2-5-20(6-3-18)34-14-1-11-31-13-10-29-17-31;1-2-33-25(32)31-12-10-20-21-14-18(26)6-9-22(21)29-23(20)24(31)17-4-7-19(8-5-17)34-13-3-11-30-16-27-15-28-30/h5,7-10,19-20,29,32H,4,6,11-18,21H2,1-3H3;2-11,16,26,30H,12-15H2,1H3;2-7,10,13,16-17,25,30H,1,8-9,11-12,14-15H2;4-9,14-16,24,29H,2-3,10-13H2,1H3. The number of ether oxygens (including phenoxy) is 8. The number of thiocarbonyl (C=S) groups is 1. The van der Waals surface area contributed by atoms with Crippen molar-refractivity contribution >= 4 is 126 Å². The van der Waals surface area contributed by atoms with Crippen molar-refractivity contribution < 1.29 is 61.1 Å². The van der Waals surface area contributed by atoms with E-state index in [-0.39, 0.29) is 42.7 Å². The normalized spacial score (nSPS) is 16.2. The van der Waals surface area contributed by atoms with Crippen LogP contribution in [-0.2, 0) is 64.3 Å².